The molecule has 1 rings (SSSR count). The second-order valence-corrected chi connectivity index (χ2v) is 5.58. The maximum Gasteiger partial charge on any atom is 0.254 e. The van der Waals surface area contributed by atoms with Gasteiger partial charge in [0.2, 0.25) is 0 Å². The summed E-state index contributed by atoms with van der Waals surface area (Å²) in [5, 5.41) is 0. The highest BCUT2D eigenvalue weighted by atomic mass is 79.9. The molecule has 0 aliphatic rings. The van der Waals surface area contributed by atoms with Gasteiger partial charge in [-0.2, -0.15) is 0 Å². The van der Waals surface area contributed by atoms with Crippen molar-refractivity contribution in [1.29, 1.82) is 0 Å². The molecule has 0 N–H and O–H groups in total. The lowest BCUT2D eigenvalue weighted by atomic mass is 10.2. The molecule has 1 amide bonds. The zero-order valence-electron chi connectivity index (χ0n) is 11.6. The number of amides is 1. The maximum absolute atomic E-state index is 13.5. The summed E-state index contributed by atoms with van der Waals surface area (Å²) < 4.78 is 13.9. The highest BCUT2D eigenvalue weighted by molar-refractivity contribution is 9.10. The highest BCUT2D eigenvalue weighted by Crippen LogP contribution is 2.17. The van der Waals surface area contributed by atoms with Gasteiger partial charge in [0, 0.05) is 25.2 Å². The number of carbonyl (C=O) groups excluding carboxylic acids is 1. The second kappa shape index (κ2) is 7.60. The van der Waals surface area contributed by atoms with Crippen LogP contribution in [0.2, 0.25) is 0 Å². The van der Waals surface area contributed by atoms with E-state index in [2.05, 4.69) is 15.9 Å². The zero-order valence-corrected chi connectivity index (χ0v) is 13.2. The lowest BCUT2D eigenvalue weighted by molar-refractivity contribution is 0.0744. The third kappa shape index (κ3) is 4.91. The number of hydrogen-bond donors (Lipinski definition) is 0. The van der Waals surface area contributed by atoms with Crippen molar-refractivity contribution in [3.63, 3.8) is 0 Å². The van der Waals surface area contributed by atoms with Gasteiger partial charge in [0.1, 0.15) is 5.82 Å². The van der Waals surface area contributed by atoms with Gasteiger partial charge in [-0.1, -0.05) is 6.92 Å². The van der Waals surface area contributed by atoms with Crippen molar-refractivity contribution in [2.24, 2.45) is 0 Å². The summed E-state index contributed by atoms with van der Waals surface area (Å²) in [5.41, 5.74) is 0.396. The van der Waals surface area contributed by atoms with Crippen LogP contribution in [-0.4, -0.2) is 49.4 Å². The number of likely N-dealkylation sites (N-methyl/N-ethyl adjacent to an activating group) is 1. The van der Waals surface area contributed by atoms with Crippen LogP contribution >= 0.6 is 15.9 Å². The van der Waals surface area contributed by atoms with Crippen molar-refractivity contribution in [2.75, 3.05) is 33.7 Å². The van der Waals surface area contributed by atoms with Crippen molar-refractivity contribution in [1.82, 2.24) is 9.80 Å². The fraction of sp³-hybridized carbons (Fsp3) is 0.500. The van der Waals surface area contributed by atoms with Crippen molar-refractivity contribution in [3.8, 4) is 0 Å². The first kappa shape index (κ1) is 16.1. The molecule has 0 spiro atoms. The predicted octanol–water partition coefficient (Wildman–Crippen LogP) is 3.00. The van der Waals surface area contributed by atoms with Crippen molar-refractivity contribution >= 4 is 21.8 Å². The van der Waals surface area contributed by atoms with E-state index >= 15 is 0 Å². The number of nitrogens with zero attached hydrogens (tertiary/aromatic N) is 2. The number of benzene rings is 1. The number of halogens is 2. The molecule has 5 heteroatoms. The van der Waals surface area contributed by atoms with Crippen LogP contribution in [0.1, 0.15) is 23.7 Å². The fourth-order valence-corrected chi connectivity index (χ4v) is 1.96. The molecule has 0 heterocycles. The molecule has 0 fully saturated rings. The summed E-state index contributed by atoms with van der Waals surface area (Å²) in [6.45, 7) is 4.16. The molecule has 1 aromatic carbocycles. The van der Waals surface area contributed by atoms with Crippen LogP contribution in [0.3, 0.4) is 0 Å². The van der Waals surface area contributed by atoms with E-state index < -0.39 is 5.82 Å². The van der Waals surface area contributed by atoms with Gasteiger partial charge in [-0.25, -0.2) is 4.39 Å². The van der Waals surface area contributed by atoms with Crippen LogP contribution < -0.4 is 0 Å². The molecule has 3 nitrogen and oxygen atoms in total. The van der Waals surface area contributed by atoms with E-state index in [-0.39, 0.29) is 5.91 Å². The molecule has 19 heavy (non-hydrogen) atoms. The maximum atomic E-state index is 13.5. The van der Waals surface area contributed by atoms with Crippen LogP contribution in [-0.2, 0) is 0 Å². The van der Waals surface area contributed by atoms with E-state index in [1.807, 2.05) is 25.9 Å². The van der Waals surface area contributed by atoms with Gasteiger partial charge in [0.15, 0.2) is 0 Å². The van der Waals surface area contributed by atoms with Gasteiger partial charge in [0.05, 0.1) is 4.47 Å². The molecule has 0 aromatic heterocycles. The van der Waals surface area contributed by atoms with Crippen LogP contribution in [0, 0.1) is 5.82 Å². The number of hydrogen-bond acceptors (Lipinski definition) is 2. The Hall–Kier alpha value is -0.940. The summed E-state index contributed by atoms with van der Waals surface area (Å²) in [4.78, 5) is 16.1. The van der Waals surface area contributed by atoms with Gasteiger partial charge in [-0.15, -0.1) is 0 Å². The first-order valence-electron chi connectivity index (χ1n) is 6.34. The molecule has 0 atom stereocenters. The van der Waals surface area contributed by atoms with Crippen LogP contribution in [0.5, 0.6) is 0 Å². The largest absolute Gasteiger partial charge is 0.337 e. The summed E-state index contributed by atoms with van der Waals surface area (Å²) in [5.74, 6) is -0.523. The summed E-state index contributed by atoms with van der Waals surface area (Å²) in [6, 6.07) is 4.50. The van der Waals surface area contributed by atoms with Gasteiger partial charge in [0.25, 0.3) is 5.91 Å². The minimum Gasteiger partial charge on any atom is -0.337 e. The molecule has 0 aliphatic heterocycles. The van der Waals surface area contributed by atoms with Crippen LogP contribution in [0.4, 0.5) is 4.39 Å². The van der Waals surface area contributed by atoms with Crippen LogP contribution in [0.25, 0.3) is 0 Å². The molecular weight excluding hydrogens is 311 g/mol. The highest BCUT2D eigenvalue weighted by Gasteiger charge is 2.16. The van der Waals surface area contributed by atoms with E-state index in [1.54, 1.807) is 17.0 Å². The quantitative estimate of drug-likeness (QED) is 0.800. The molecular formula is C14H20BrFN2O. The second-order valence-electron chi connectivity index (χ2n) is 4.72. The Morgan fingerprint density at radius 1 is 1.26 bits per heavy atom. The van der Waals surface area contributed by atoms with Gasteiger partial charge in [-0.05, 0) is 54.6 Å². The average Bonchev–Trinajstić information content (AvgIpc) is 2.36. The molecule has 0 saturated carbocycles. The molecule has 0 radical (unpaired) electrons. The molecule has 0 unspecified atom stereocenters. The first-order chi connectivity index (χ1) is 8.95. The van der Waals surface area contributed by atoms with E-state index in [4.69, 9.17) is 0 Å². The van der Waals surface area contributed by atoms with E-state index in [0.717, 1.165) is 13.0 Å². The Bertz CT molecular complexity index is 437. The molecule has 1 aromatic rings. The molecule has 106 valence electrons. The van der Waals surface area contributed by atoms with E-state index in [9.17, 15) is 9.18 Å². The third-order valence-electron chi connectivity index (χ3n) is 2.76. The standard InChI is InChI=1S/C14H20BrFN2O/c1-4-7-18(9-8-17(2)3)14(19)11-5-6-12(15)13(16)10-11/h5-6,10H,4,7-9H2,1-3H3. The lowest BCUT2D eigenvalue weighted by Crippen LogP contribution is -2.37. The third-order valence-corrected chi connectivity index (χ3v) is 3.41. The van der Waals surface area contributed by atoms with Crippen molar-refractivity contribution in [3.05, 3.63) is 34.1 Å². The van der Waals surface area contributed by atoms with Gasteiger partial charge < -0.3 is 9.80 Å². The summed E-state index contributed by atoms with van der Waals surface area (Å²) in [7, 11) is 3.93. The minimum absolute atomic E-state index is 0.116. The first-order valence-corrected chi connectivity index (χ1v) is 7.14. The summed E-state index contributed by atoms with van der Waals surface area (Å²) >= 11 is 3.09. The smallest absolute Gasteiger partial charge is 0.254 e. The SMILES string of the molecule is CCCN(CCN(C)C)C(=O)c1ccc(Br)c(F)c1. The topological polar surface area (TPSA) is 23.6 Å². The normalized spacial score (nSPS) is 10.8. The van der Waals surface area contributed by atoms with Crippen molar-refractivity contribution < 1.29 is 9.18 Å². The Morgan fingerprint density at radius 3 is 2.47 bits per heavy atom. The Labute approximate surface area is 122 Å². The summed E-state index contributed by atoms with van der Waals surface area (Å²) in [6.07, 6.45) is 0.887. The van der Waals surface area contributed by atoms with E-state index in [1.165, 1.54) is 6.07 Å². The van der Waals surface area contributed by atoms with Crippen molar-refractivity contribution in [2.45, 2.75) is 13.3 Å². The van der Waals surface area contributed by atoms with Gasteiger partial charge >= 0.3 is 0 Å². The minimum atomic E-state index is -0.407. The fourth-order valence-electron chi connectivity index (χ4n) is 1.72. The monoisotopic (exact) mass is 330 g/mol. The number of carbonyl (C=O) groups is 1. The molecule has 0 bridgehead atoms. The van der Waals surface area contributed by atoms with Crippen LogP contribution in [0.15, 0.2) is 22.7 Å². The predicted molar refractivity (Wildman–Crippen MR) is 78.8 cm³/mol. The molecule has 0 saturated heterocycles. The zero-order chi connectivity index (χ0) is 14.4. The van der Waals surface area contributed by atoms with E-state index in [0.29, 0.717) is 23.1 Å². The average molecular weight is 331 g/mol. The lowest BCUT2D eigenvalue weighted by Gasteiger charge is -2.24. The Balaban J connectivity index is 2.82. The Morgan fingerprint density at radius 2 is 1.95 bits per heavy atom. The van der Waals surface area contributed by atoms with Gasteiger partial charge in [-0.3, -0.25) is 4.79 Å². The Kier molecular flexibility index (Phi) is 6.45. The number of rotatable bonds is 6. The molecule has 0 aliphatic carbocycles.